The molecule has 1 N–H and O–H groups in total. The van der Waals surface area contributed by atoms with Crippen LogP contribution in [-0.2, 0) is 11.0 Å². The van der Waals surface area contributed by atoms with Crippen LogP contribution in [0.15, 0.2) is 61.2 Å². The van der Waals surface area contributed by atoms with Gasteiger partial charge < -0.3 is 5.32 Å². The fraction of sp³-hybridized carbons (Fsp3) is 0.167. The summed E-state index contributed by atoms with van der Waals surface area (Å²) in [5.74, 6) is -0.953. The first-order chi connectivity index (χ1) is 12.4. The van der Waals surface area contributed by atoms with Crippen LogP contribution in [0, 0.1) is 0 Å². The molecule has 0 aliphatic heterocycles. The number of halogens is 3. The highest BCUT2D eigenvalue weighted by atomic mass is 19.4. The van der Waals surface area contributed by atoms with Crippen LogP contribution >= 0.6 is 0 Å². The van der Waals surface area contributed by atoms with Gasteiger partial charge in [0.05, 0.1) is 22.9 Å². The highest BCUT2D eigenvalue weighted by molar-refractivity contribution is 5.97. The molecule has 26 heavy (non-hydrogen) atoms. The Labute approximate surface area is 147 Å². The second-order valence-corrected chi connectivity index (χ2v) is 5.69. The molecule has 3 aromatic rings. The molecule has 0 saturated carbocycles. The highest BCUT2D eigenvalue weighted by Crippen LogP contribution is 2.33. The van der Waals surface area contributed by atoms with Crippen molar-refractivity contribution < 1.29 is 18.0 Å². The fourth-order valence-corrected chi connectivity index (χ4v) is 2.48. The first-order valence-corrected chi connectivity index (χ1v) is 7.78. The SMILES string of the molecule is CC(C(=O)Nc1cc(C(F)(F)F)ccc1-n1cncn1)c1ccccc1. The van der Waals surface area contributed by atoms with Crippen LogP contribution in [0.3, 0.4) is 0 Å². The molecule has 1 aromatic heterocycles. The van der Waals surface area contributed by atoms with E-state index >= 15 is 0 Å². The van der Waals surface area contributed by atoms with Gasteiger partial charge in [-0.1, -0.05) is 30.3 Å². The second-order valence-electron chi connectivity index (χ2n) is 5.69. The predicted octanol–water partition coefficient (Wildman–Crippen LogP) is 4.03. The molecule has 134 valence electrons. The molecule has 5 nitrogen and oxygen atoms in total. The van der Waals surface area contributed by atoms with Crippen molar-refractivity contribution in [1.29, 1.82) is 0 Å². The van der Waals surface area contributed by atoms with E-state index in [1.54, 1.807) is 31.2 Å². The fourth-order valence-electron chi connectivity index (χ4n) is 2.48. The number of hydrogen-bond acceptors (Lipinski definition) is 3. The van der Waals surface area contributed by atoms with Gasteiger partial charge in [-0.05, 0) is 30.7 Å². The van der Waals surface area contributed by atoms with Crippen LogP contribution in [0.5, 0.6) is 0 Å². The van der Waals surface area contributed by atoms with Gasteiger partial charge in [0.2, 0.25) is 5.91 Å². The molecule has 0 bridgehead atoms. The Morgan fingerprint density at radius 3 is 2.50 bits per heavy atom. The number of hydrogen-bond donors (Lipinski definition) is 1. The van der Waals surface area contributed by atoms with E-state index in [4.69, 9.17) is 0 Å². The Hall–Kier alpha value is -3.16. The lowest BCUT2D eigenvalue weighted by Crippen LogP contribution is -2.20. The molecule has 0 aliphatic rings. The van der Waals surface area contributed by atoms with E-state index in [2.05, 4.69) is 15.4 Å². The molecule has 0 fully saturated rings. The summed E-state index contributed by atoms with van der Waals surface area (Å²) in [7, 11) is 0. The van der Waals surface area contributed by atoms with E-state index in [1.165, 1.54) is 23.4 Å². The van der Waals surface area contributed by atoms with E-state index < -0.39 is 23.6 Å². The van der Waals surface area contributed by atoms with E-state index in [0.717, 1.165) is 17.7 Å². The van der Waals surface area contributed by atoms with Crippen LogP contribution in [0.1, 0.15) is 24.0 Å². The largest absolute Gasteiger partial charge is 0.416 e. The lowest BCUT2D eigenvalue weighted by molar-refractivity contribution is -0.137. The Morgan fingerprint density at radius 2 is 1.88 bits per heavy atom. The predicted molar refractivity (Wildman–Crippen MR) is 89.8 cm³/mol. The Bertz CT molecular complexity index is 893. The van der Waals surface area contributed by atoms with Crippen molar-refractivity contribution in [2.45, 2.75) is 19.0 Å². The number of aromatic nitrogens is 3. The maximum absolute atomic E-state index is 13.1. The summed E-state index contributed by atoms with van der Waals surface area (Å²) in [5, 5.41) is 6.50. The van der Waals surface area contributed by atoms with E-state index in [0.29, 0.717) is 5.69 Å². The Kier molecular flexibility index (Phi) is 4.75. The molecule has 0 radical (unpaired) electrons. The van der Waals surface area contributed by atoms with Crippen molar-refractivity contribution in [3.05, 3.63) is 72.3 Å². The molecule has 3 rings (SSSR count). The maximum atomic E-state index is 13.1. The lowest BCUT2D eigenvalue weighted by atomic mass is 10.0. The number of nitrogens with zero attached hydrogens (tertiary/aromatic N) is 3. The number of amides is 1. The topological polar surface area (TPSA) is 59.8 Å². The van der Waals surface area contributed by atoms with Gasteiger partial charge >= 0.3 is 6.18 Å². The summed E-state index contributed by atoms with van der Waals surface area (Å²) in [4.78, 5) is 16.3. The number of alkyl halides is 3. The van der Waals surface area contributed by atoms with Crippen LogP contribution < -0.4 is 5.32 Å². The van der Waals surface area contributed by atoms with Gasteiger partial charge in [0.1, 0.15) is 12.7 Å². The summed E-state index contributed by atoms with van der Waals surface area (Å²) in [6, 6.07) is 12.1. The van der Waals surface area contributed by atoms with Gasteiger partial charge in [0.15, 0.2) is 0 Å². The number of benzene rings is 2. The average molecular weight is 360 g/mol. The number of carbonyl (C=O) groups excluding carboxylic acids is 1. The van der Waals surface area contributed by atoms with Crippen LogP contribution in [0.4, 0.5) is 18.9 Å². The lowest BCUT2D eigenvalue weighted by Gasteiger charge is -2.17. The van der Waals surface area contributed by atoms with E-state index in [1.807, 2.05) is 6.07 Å². The van der Waals surface area contributed by atoms with Crippen molar-refractivity contribution in [2.24, 2.45) is 0 Å². The van der Waals surface area contributed by atoms with Gasteiger partial charge in [-0.25, -0.2) is 9.67 Å². The quantitative estimate of drug-likeness (QED) is 0.764. The number of anilines is 1. The Morgan fingerprint density at radius 1 is 1.15 bits per heavy atom. The second kappa shape index (κ2) is 6.99. The molecular weight excluding hydrogens is 345 g/mol. The third kappa shape index (κ3) is 3.74. The van der Waals surface area contributed by atoms with E-state index in [-0.39, 0.29) is 5.69 Å². The smallest absolute Gasteiger partial charge is 0.324 e. The van der Waals surface area contributed by atoms with Gasteiger partial charge in [-0.2, -0.15) is 18.3 Å². The molecule has 2 aromatic carbocycles. The standard InChI is InChI=1S/C18H15F3N4O/c1-12(13-5-3-2-4-6-13)17(26)24-15-9-14(18(19,20)21)7-8-16(15)25-11-22-10-23-25/h2-12H,1H3,(H,24,26). The van der Waals surface area contributed by atoms with Gasteiger partial charge in [-0.15, -0.1) is 0 Å². The zero-order valence-corrected chi connectivity index (χ0v) is 13.7. The van der Waals surface area contributed by atoms with Crippen molar-refractivity contribution in [3.8, 4) is 5.69 Å². The minimum Gasteiger partial charge on any atom is -0.324 e. The van der Waals surface area contributed by atoms with Crippen molar-refractivity contribution in [3.63, 3.8) is 0 Å². The van der Waals surface area contributed by atoms with Crippen LogP contribution in [0.25, 0.3) is 5.69 Å². The monoisotopic (exact) mass is 360 g/mol. The molecule has 0 spiro atoms. The summed E-state index contributed by atoms with van der Waals surface area (Å²) < 4.78 is 40.5. The minimum absolute atomic E-state index is 0.0121. The zero-order valence-electron chi connectivity index (χ0n) is 13.7. The first kappa shape index (κ1) is 17.7. The molecular formula is C18H15F3N4O. The third-order valence-corrected chi connectivity index (χ3v) is 3.94. The molecule has 1 heterocycles. The molecule has 0 aliphatic carbocycles. The number of nitrogens with one attached hydrogen (secondary N) is 1. The van der Waals surface area contributed by atoms with Crippen molar-refractivity contribution in [2.75, 3.05) is 5.32 Å². The summed E-state index contributed by atoms with van der Waals surface area (Å²) >= 11 is 0. The Balaban J connectivity index is 1.95. The molecule has 1 unspecified atom stereocenters. The number of rotatable bonds is 4. The van der Waals surface area contributed by atoms with Crippen molar-refractivity contribution in [1.82, 2.24) is 14.8 Å². The molecule has 1 amide bonds. The van der Waals surface area contributed by atoms with E-state index in [9.17, 15) is 18.0 Å². The van der Waals surface area contributed by atoms with Crippen LogP contribution in [0.2, 0.25) is 0 Å². The number of carbonyl (C=O) groups is 1. The summed E-state index contributed by atoms with van der Waals surface area (Å²) in [5.41, 5.74) is 0.213. The summed E-state index contributed by atoms with van der Waals surface area (Å²) in [6.07, 6.45) is -1.92. The zero-order chi connectivity index (χ0) is 18.7. The average Bonchev–Trinajstić information content (AvgIpc) is 3.15. The van der Waals surface area contributed by atoms with Gasteiger partial charge in [0.25, 0.3) is 0 Å². The van der Waals surface area contributed by atoms with Crippen molar-refractivity contribution >= 4 is 11.6 Å². The van der Waals surface area contributed by atoms with Gasteiger partial charge in [0, 0.05) is 0 Å². The maximum Gasteiger partial charge on any atom is 0.416 e. The normalized spacial score (nSPS) is 12.6. The van der Waals surface area contributed by atoms with Crippen LogP contribution in [-0.4, -0.2) is 20.7 Å². The van der Waals surface area contributed by atoms with Gasteiger partial charge in [-0.3, -0.25) is 4.79 Å². The molecule has 1 atom stereocenters. The highest BCUT2D eigenvalue weighted by Gasteiger charge is 2.31. The minimum atomic E-state index is -4.52. The molecule has 8 heteroatoms. The third-order valence-electron chi connectivity index (χ3n) is 3.94. The molecule has 0 saturated heterocycles. The summed E-state index contributed by atoms with van der Waals surface area (Å²) in [6.45, 7) is 1.69. The first-order valence-electron chi connectivity index (χ1n) is 7.78.